The number of carbonyl (C=O) groups is 2. The average molecular weight is 344 g/mol. The maximum atomic E-state index is 12.6. The Hall–Kier alpha value is -2.25. The van der Waals surface area contributed by atoms with Crippen LogP contribution < -0.4 is 5.73 Å². The standard InChI is InChI=1S/C16H19F3N2O3/c17-16(18,19)13-5-1-3-11(9-13)6-8-24-14(22)12-4-2-7-21(10-12)15(20)23/h1,3,5,9,12H,2,4,6-8,10H2,(H2,20,23)/t12-/m0/s1. The summed E-state index contributed by atoms with van der Waals surface area (Å²) in [6.45, 7) is 0.730. The molecule has 0 saturated carbocycles. The van der Waals surface area contributed by atoms with Crippen molar-refractivity contribution in [1.29, 1.82) is 0 Å². The van der Waals surface area contributed by atoms with E-state index in [9.17, 15) is 22.8 Å². The Kier molecular flexibility index (Phi) is 5.69. The Morgan fingerprint density at radius 3 is 2.75 bits per heavy atom. The molecule has 1 atom stereocenters. The van der Waals surface area contributed by atoms with Crippen LogP contribution in [-0.2, 0) is 22.1 Å². The lowest BCUT2D eigenvalue weighted by atomic mass is 9.98. The quantitative estimate of drug-likeness (QED) is 0.853. The van der Waals surface area contributed by atoms with E-state index in [-0.39, 0.29) is 19.6 Å². The van der Waals surface area contributed by atoms with Gasteiger partial charge in [-0.15, -0.1) is 0 Å². The van der Waals surface area contributed by atoms with Crippen LogP contribution in [0.2, 0.25) is 0 Å². The molecule has 1 aromatic rings. The van der Waals surface area contributed by atoms with E-state index in [0.717, 1.165) is 12.1 Å². The predicted octanol–water partition coefficient (Wildman–Crippen LogP) is 2.58. The smallest absolute Gasteiger partial charge is 0.416 e. The highest BCUT2D eigenvalue weighted by molar-refractivity contribution is 5.76. The molecule has 1 heterocycles. The summed E-state index contributed by atoms with van der Waals surface area (Å²) < 4.78 is 43.0. The first-order valence-electron chi connectivity index (χ1n) is 7.64. The summed E-state index contributed by atoms with van der Waals surface area (Å²) in [5.74, 6) is -0.888. The number of halogens is 3. The molecule has 2 N–H and O–H groups in total. The molecule has 24 heavy (non-hydrogen) atoms. The second kappa shape index (κ2) is 7.55. The van der Waals surface area contributed by atoms with Gasteiger partial charge in [-0.2, -0.15) is 13.2 Å². The summed E-state index contributed by atoms with van der Waals surface area (Å²) >= 11 is 0. The third kappa shape index (κ3) is 4.87. The molecular formula is C16H19F3N2O3. The molecule has 1 saturated heterocycles. The minimum Gasteiger partial charge on any atom is -0.465 e. The van der Waals surface area contributed by atoms with Gasteiger partial charge in [0.1, 0.15) is 0 Å². The summed E-state index contributed by atoms with van der Waals surface area (Å²) in [4.78, 5) is 24.5. The summed E-state index contributed by atoms with van der Waals surface area (Å²) in [5, 5.41) is 0. The first kappa shape index (κ1) is 18.1. The molecule has 5 nitrogen and oxygen atoms in total. The molecule has 0 aromatic heterocycles. The Morgan fingerprint density at radius 1 is 1.33 bits per heavy atom. The molecule has 132 valence electrons. The molecule has 1 aromatic carbocycles. The van der Waals surface area contributed by atoms with Crippen molar-refractivity contribution in [3.05, 3.63) is 35.4 Å². The molecule has 0 radical (unpaired) electrons. The van der Waals surface area contributed by atoms with Gasteiger partial charge in [-0.25, -0.2) is 4.79 Å². The lowest BCUT2D eigenvalue weighted by Crippen LogP contribution is -2.45. The number of carbonyl (C=O) groups excluding carboxylic acids is 2. The molecular weight excluding hydrogens is 325 g/mol. The van der Waals surface area contributed by atoms with Crippen LogP contribution in [0, 0.1) is 5.92 Å². The lowest BCUT2D eigenvalue weighted by Gasteiger charge is -2.30. The highest BCUT2D eigenvalue weighted by Gasteiger charge is 2.30. The maximum absolute atomic E-state index is 12.6. The van der Waals surface area contributed by atoms with E-state index in [2.05, 4.69) is 0 Å². The number of alkyl halides is 3. The van der Waals surface area contributed by atoms with Crippen molar-refractivity contribution in [1.82, 2.24) is 4.90 Å². The van der Waals surface area contributed by atoms with Crippen molar-refractivity contribution in [2.45, 2.75) is 25.4 Å². The van der Waals surface area contributed by atoms with Crippen molar-refractivity contribution in [3.63, 3.8) is 0 Å². The summed E-state index contributed by atoms with van der Waals surface area (Å²) in [7, 11) is 0. The zero-order chi connectivity index (χ0) is 17.7. The minimum absolute atomic E-state index is 0.00673. The largest absolute Gasteiger partial charge is 0.465 e. The van der Waals surface area contributed by atoms with Crippen LogP contribution in [0.1, 0.15) is 24.0 Å². The number of ether oxygens (including phenoxy) is 1. The predicted molar refractivity (Wildman–Crippen MR) is 80.0 cm³/mol. The second-order valence-electron chi connectivity index (χ2n) is 5.74. The van der Waals surface area contributed by atoms with Gasteiger partial charge in [0, 0.05) is 19.5 Å². The SMILES string of the molecule is NC(=O)N1CCC[C@H](C(=O)OCCc2cccc(C(F)(F)F)c2)C1. The van der Waals surface area contributed by atoms with E-state index in [1.54, 1.807) is 6.07 Å². The number of urea groups is 1. The fourth-order valence-corrected chi connectivity index (χ4v) is 2.66. The number of primary amides is 1. The third-order valence-corrected chi connectivity index (χ3v) is 3.96. The minimum atomic E-state index is -4.40. The molecule has 0 spiro atoms. The number of nitrogens with zero attached hydrogens (tertiary/aromatic N) is 1. The first-order chi connectivity index (χ1) is 11.3. The Bertz CT molecular complexity index is 604. The Morgan fingerprint density at radius 2 is 2.08 bits per heavy atom. The molecule has 1 aliphatic heterocycles. The number of rotatable bonds is 4. The van der Waals surface area contributed by atoms with Gasteiger partial charge in [0.15, 0.2) is 0 Å². The fraction of sp³-hybridized carbons (Fsp3) is 0.500. The normalized spacial score (nSPS) is 18.3. The van der Waals surface area contributed by atoms with Gasteiger partial charge in [-0.1, -0.05) is 18.2 Å². The van der Waals surface area contributed by atoms with Crippen LogP contribution in [0.3, 0.4) is 0 Å². The van der Waals surface area contributed by atoms with Gasteiger partial charge in [-0.05, 0) is 24.5 Å². The van der Waals surface area contributed by atoms with E-state index in [4.69, 9.17) is 10.5 Å². The topological polar surface area (TPSA) is 72.6 Å². The Labute approximate surface area is 137 Å². The summed E-state index contributed by atoms with van der Waals surface area (Å²) in [6, 6.07) is 4.35. The number of benzene rings is 1. The van der Waals surface area contributed by atoms with Crippen LogP contribution in [-0.4, -0.2) is 36.6 Å². The van der Waals surface area contributed by atoms with Crippen molar-refractivity contribution in [2.24, 2.45) is 11.7 Å². The first-order valence-corrected chi connectivity index (χ1v) is 7.64. The van der Waals surface area contributed by atoms with Gasteiger partial charge < -0.3 is 15.4 Å². The van der Waals surface area contributed by atoms with Gasteiger partial charge in [0.25, 0.3) is 0 Å². The summed E-state index contributed by atoms with van der Waals surface area (Å²) in [5.41, 5.74) is 4.92. The van der Waals surface area contributed by atoms with Gasteiger partial charge in [-0.3, -0.25) is 4.79 Å². The zero-order valence-corrected chi connectivity index (χ0v) is 13.0. The van der Waals surface area contributed by atoms with E-state index in [1.807, 2.05) is 0 Å². The highest BCUT2D eigenvalue weighted by atomic mass is 19.4. The number of amides is 2. The number of hydrogen-bond donors (Lipinski definition) is 1. The average Bonchev–Trinajstić information content (AvgIpc) is 2.54. The number of likely N-dealkylation sites (tertiary alicyclic amines) is 1. The Balaban J connectivity index is 1.83. The van der Waals surface area contributed by atoms with E-state index in [1.165, 1.54) is 11.0 Å². The van der Waals surface area contributed by atoms with Crippen molar-refractivity contribution in [3.8, 4) is 0 Å². The van der Waals surface area contributed by atoms with Crippen LogP contribution in [0.25, 0.3) is 0 Å². The molecule has 0 unspecified atom stereocenters. The van der Waals surface area contributed by atoms with Crippen LogP contribution >= 0.6 is 0 Å². The fourth-order valence-electron chi connectivity index (χ4n) is 2.66. The zero-order valence-electron chi connectivity index (χ0n) is 13.0. The number of piperidine rings is 1. The molecule has 0 aliphatic carbocycles. The van der Waals surface area contributed by atoms with Gasteiger partial charge in [0.05, 0.1) is 18.1 Å². The van der Waals surface area contributed by atoms with Crippen LogP contribution in [0.15, 0.2) is 24.3 Å². The number of hydrogen-bond acceptors (Lipinski definition) is 3. The van der Waals surface area contributed by atoms with Crippen molar-refractivity contribution in [2.75, 3.05) is 19.7 Å². The number of nitrogens with two attached hydrogens (primary N) is 1. The van der Waals surface area contributed by atoms with Crippen LogP contribution in [0.4, 0.5) is 18.0 Å². The van der Waals surface area contributed by atoms with E-state index >= 15 is 0 Å². The lowest BCUT2D eigenvalue weighted by molar-refractivity contribution is -0.150. The molecule has 2 rings (SSSR count). The third-order valence-electron chi connectivity index (χ3n) is 3.96. The number of esters is 1. The highest BCUT2D eigenvalue weighted by Crippen LogP contribution is 2.29. The van der Waals surface area contributed by atoms with Gasteiger partial charge in [0.2, 0.25) is 0 Å². The molecule has 8 heteroatoms. The van der Waals surface area contributed by atoms with Crippen LogP contribution in [0.5, 0.6) is 0 Å². The molecule has 1 fully saturated rings. The van der Waals surface area contributed by atoms with Gasteiger partial charge >= 0.3 is 18.2 Å². The van der Waals surface area contributed by atoms with Crippen molar-refractivity contribution < 1.29 is 27.5 Å². The molecule has 2 amide bonds. The molecule has 0 bridgehead atoms. The van der Waals surface area contributed by atoms with Crippen molar-refractivity contribution >= 4 is 12.0 Å². The monoisotopic (exact) mass is 344 g/mol. The maximum Gasteiger partial charge on any atom is 0.416 e. The second-order valence-corrected chi connectivity index (χ2v) is 5.74. The van der Waals surface area contributed by atoms with E-state index < -0.39 is 29.7 Å². The van der Waals surface area contributed by atoms with E-state index in [0.29, 0.717) is 24.9 Å². The summed E-state index contributed by atoms with van der Waals surface area (Å²) in [6.07, 6.45) is -2.93. The molecule has 1 aliphatic rings.